The summed E-state index contributed by atoms with van der Waals surface area (Å²) in [6.45, 7) is 6.23. The van der Waals surface area contributed by atoms with Crippen molar-refractivity contribution in [2.75, 3.05) is 46.5 Å². The fourth-order valence-electron chi connectivity index (χ4n) is 4.33. The summed E-state index contributed by atoms with van der Waals surface area (Å²) in [6.07, 6.45) is 2.32. The lowest BCUT2D eigenvalue weighted by atomic mass is 9.85. The molecule has 0 radical (unpaired) electrons. The van der Waals surface area contributed by atoms with Crippen LogP contribution in [0.5, 0.6) is 5.75 Å². The summed E-state index contributed by atoms with van der Waals surface area (Å²) in [5.41, 5.74) is 1.45. The van der Waals surface area contributed by atoms with E-state index in [1.807, 2.05) is 0 Å². The molecule has 0 aliphatic carbocycles. The maximum absolute atomic E-state index is 5.62. The van der Waals surface area contributed by atoms with Crippen molar-refractivity contribution in [2.45, 2.75) is 18.9 Å². The molecule has 4 nitrogen and oxygen atoms in total. The van der Waals surface area contributed by atoms with Crippen LogP contribution in [-0.4, -0.2) is 51.4 Å². The largest absolute Gasteiger partial charge is 0.497 e. The number of nitrogens with zero attached hydrogens (tertiary/aromatic N) is 1. The van der Waals surface area contributed by atoms with E-state index in [0.717, 1.165) is 58.0 Å². The van der Waals surface area contributed by atoms with Crippen molar-refractivity contribution in [3.8, 4) is 5.75 Å². The highest BCUT2D eigenvalue weighted by atomic mass is 16.5. The van der Waals surface area contributed by atoms with Crippen LogP contribution in [0.1, 0.15) is 24.4 Å². The predicted molar refractivity (Wildman–Crippen MR) is 101 cm³/mol. The number of piperazine rings is 1. The molecule has 4 rings (SSSR count). The van der Waals surface area contributed by atoms with E-state index in [9.17, 15) is 0 Å². The maximum atomic E-state index is 5.62. The van der Waals surface area contributed by atoms with Crippen molar-refractivity contribution in [2.24, 2.45) is 5.92 Å². The fourth-order valence-corrected chi connectivity index (χ4v) is 4.33. The van der Waals surface area contributed by atoms with Crippen LogP contribution in [0.25, 0.3) is 10.8 Å². The van der Waals surface area contributed by atoms with Crippen LogP contribution in [0.3, 0.4) is 0 Å². The molecule has 2 fully saturated rings. The van der Waals surface area contributed by atoms with E-state index in [1.54, 1.807) is 7.11 Å². The zero-order valence-corrected chi connectivity index (χ0v) is 15.0. The van der Waals surface area contributed by atoms with Crippen LogP contribution in [0.2, 0.25) is 0 Å². The van der Waals surface area contributed by atoms with Gasteiger partial charge in [0.2, 0.25) is 0 Å². The van der Waals surface area contributed by atoms with E-state index >= 15 is 0 Å². The number of ether oxygens (including phenoxy) is 2. The van der Waals surface area contributed by atoms with Crippen LogP contribution in [0.4, 0.5) is 0 Å². The van der Waals surface area contributed by atoms with Gasteiger partial charge in [-0.15, -0.1) is 0 Å². The molecule has 2 saturated heterocycles. The summed E-state index contributed by atoms with van der Waals surface area (Å²) in [5, 5.41) is 6.03. The first kappa shape index (κ1) is 16.8. The standard InChI is InChI=1S/C21H28N2O2/c1-24-20-5-4-17-14-19(3-2-18(17)15-20)21(16-6-12-25-13-7-16)23-10-8-22-9-11-23/h2-5,14-16,21-22H,6-13H2,1H3/t21-/m0/s1. The molecule has 4 heteroatoms. The molecule has 2 aliphatic heterocycles. The van der Waals surface area contributed by atoms with Gasteiger partial charge in [-0.2, -0.15) is 0 Å². The Morgan fingerprint density at radius 1 is 1.04 bits per heavy atom. The summed E-state index contributed by atoms with van der Waals surface area (Å²) in [4.78, 5) is 2.68. The van der Waals surface area contributed by atoms with E-state index in [4.69, 9.17) is 9.47 Å². The number of rotatable bonds is 4. The van der Waals surface area contributed by atoms with Gasteiger partial charge in [0, 0.05) is 45.4 Å². The first-order valence-corrected chi connectivity index (χ1v) is 9.45. The van der Waals surface area contributed by atoms with Gasteiger partial charge in [0.15, 0.2) is 0 Å². The highest BCUT2D eigenvalue weighted by Crippen LogP contribution is 2.36. The van der Waals surface area contributed by atoms with Crippen LogP contribution in [0.15, 0.2) is 36.4 Å². The maximum Gasteiger partial charge on any atom is 0.119 e. The third-order valence-corrected chi connectivity index (χ3v) is 5.67. The van der Waals surface area contributed by atoms with Gasteiger partial charge in [0.05, 0.1) is 7.11 Å². The highest BCUT2D eigenvalue weighted by molar-refractivity contribution is 5.84. The molecule has 2 aromatic carbocycles. The van der Waals surface area contributed by atoms with Crippen LogP contribution >= 0.6 is 0 Å². The molecule has 0 saturated carbocycles. The van der Waals surface area contributed by atoms with Gasteiger partial charge < -0.3 is 14.8 Å². The molecular weight excluding hydrogens is 312 g/mol. The van der Waals surface area contributed by atoms with E-state index in [0.29, 0.717) is 12.0 Å². The Hall–Kier alpha value is -1.62. The number of fused-ring (bicyclic) bond motifs is 1. The van der Waals surface area contributed by atoms with Gasteiger partial charge in [0.25, 0.3) is 0 Å². The lowest BCUT2D eigenvalue weighted by Crippen LogP contribution is -2.47. The number of hydrogen-bond donors (Lipinski definition) is 1. The molecule has 2 aromatic rings. The van der Waals surface area contributed by atoms with Crippen molar-refractivity contribution in [3.63, 3.8) is 0 Å². The van der Waals surface area contributed by atoms with E-state index in [1.165, 1.54) is 16.3 Å². The van der Waals surface area contributed by atoms with Gasteiger partial charge in [-0.25, -0.2) is 0 Å². The second kappa shape index (κ2) is 7.73. The molecule has 1 N–H and O–H groups in total. The normalized spacial score (nSPS) is 21.3. The molecular formula is C21H28N2O2. The molecule has 2 heterocycles. The van der Waals surface area contributed by atoms with Crippen molar-refractivity contribution in [1.29, 1.82) is 0 Å². The lowest BCUT2D eigenvalue weighted by Gasteiger charge is -2.41. The summed E-state index contributed by atoms with van der Waals surface area (Å²) < 4.78 is 11.0. The van der Waals surface area contributed by atoms with Gasteiger partial charge in [-0.05, 0) is 53.3 Å². The quantitative estimate of drug-likeness (QED) is 0.927. The monoisotopic (exact) mass is 340 g/mol. The van der Waals surface area contributed by atoms with Crippen molar-refractivity contribution in [3.05, 3.63) is 42.0 Å². The topological polar surface area (TPSA) is 33.7 Å². The summed E-state index contributed by atoms with van der Waals surface area (Å²) in [5.74, 6) is 1.60. The summed E-state index contributed by atoms with van der Waals surface area (Å²) in [7, 11) is 1.72. The summed E-state index contributed by atoms with van der Waals surface area (Å²) in [6, 6.07) is 13.8. The van der Waals surface area contributed by atoms with E-state index < -0.39 is 0 Å². The van der Waals surface area contributed by atoms with E-state index in [-0.39, 0.29) is 0 Å². The van der Waals surface area contributed by atoms with Gasteiger partial charge in [-0.1, -0.05) is 18.2 Å². The molecule has 0 aromatic heterocycles. The molecule has 0 spiro atoms. The second-order valence-electron chi connectivity index (χ2n) is 7.15. The molecule has 134 valence electrons. The molecule has 2 aliphatic rings. The van der Waals surface area contributed by atoms with Crippen LogP contribution in [-0.2, 0) is 4.74 Å². The fraction of sp³-hybridized carbons (Fsp3) is 0.524. The lowest BCUT2D eigenvalue weighted by molar-refractivity contribution is 0.0213. The third-order valence-electron chi connectivity index (χ3n) is 5.67. The smallest absolute Gasteiger partial charge is 0.119 e. The first-order chi connectivity index (χ1) is 12.3. The Balaban J connectivity index is 1.68. The van der Waals surface area contributed by atoms with Crippen molar-refractivity contribution in [1.82, 2.24) is 10.2 Å². The Labute approximate surface area is 150 Å². The average molecular weight is 340 g/mol. The molecule has 0 amide bonds. The summed E-state index contributed by atoms with van der Waals surface area (Å²) >= 11 is 0. The van der Waals surface area contributed by atoms with Gasteiger partial charge in [-0.3, -0.25) is 4.90 Å². The van der Waals surface area contributed by atoms with Crippen molar-refractivity contribution < 1.29 is 9.47 Å². The minimum Gasteiger partial charge on any atom is -0.497 e. The Morgan fingerprint density at radius 3 is 2.52 bits per heavy atom. The minimum atomic E-state index is 0.498. The SMILES string of the molecule is COc1ccc2cc([C@H](C3CCOCC3)N3CCNCC3)ccc2c1. The van der Waals surface area contributed by atoms with Gasteiger partial charge in [0.1, 0.15) is 5.75 Å². The Kier molecular flexibility index (Phi) is 5.20. The Morgan fingerprint density at radius 2 is 1.76 bits per heavy atom. The highest BCUT2D eigenvalue weighted by Gasteiger charge is 2.31. The number of methoxy groups -OCH3 is 1. The van der Waals surface area contributed by atoms with Gasteiger partial charge >= 0.3 is 0 Å². The van der Waals surface area contributed by atoms with Crippen LogP contribution in [0, 0.1) is 5.92 Å². The second-order valence-corrected chi connectivity index (χ2v) is 7.15. The first-order valence-electron chi connectivity index (χ1n) is 9.45. The Bertz CT molecular complexity index is 688. The minimum absolute atomic E-state index is 0.498. The molecule has 25 heavy (non-hydrogen) atoms. The molecule has 1 atom stereocenters. The average Bonchev–Trinajstić information content (AvgIpc) is 2.69. The predicted octanol–water partition coefficient (Wildman–Crippen LogP) is 3.22. The number of nitrogens with one attached hydrogen (secondary N) is 1. The third kappa shape index (κ3) is 3.66. The van der Waals surface area contributed by atoms with Crippen LogP contribution < -0.4 is 10.1 Å². The molecule has 0 bridgehead atoms. The zero-order valence-electron chi connectivity index (χ0n) is 15.0. The zero-order chi connectivity index (χ0) is 17.1. The number of hydrogen-bond acceptors (Lipinski definition) is 4. The molecule has 0 unspecified atom stereocenters. The van der Waals surface area contributed by atoms with E-state index in [2.05, 4.69) is 46.6 Å². The number of benzene rings is 2. The van der Waals surface area contributed by atoms with Crippen molar-refractivity contribution >= 4 is 10.8 Å².